The molecule has 0 fully saturated rings. The van der Waals surface area contributed by atoms with Crippen molar-refractivity contribution in [1.29, 1.82) is 0 Å². The lowest BCUT2D eigenvalue weighted by Gasteiger charge is -2.19. The molecule has 0 bridgehead atoms. The second-order valence-corrected chi connectivity index (χ2v) is 21.1. The van der Waals surface area contributed by atoms with Crippen molar-refractivity contribution < 1.29 is 15.0 Å². The predicted octanol–water partition coefficient (Wildman–Crippen LogP) is 20.4. The molecular formula is C63H121NO3. The molecule has 67 heavy (non-hydrogen) atoms. The van der Waals surface area contributed by atoms with Crippen molar-refractivity contribution in [2.75, 3.05) is 6.61 Å². The largest absolute Gasteiger partial charge is 0.394 e. The molecule has 2 atom stereocenters. The van der Waals surface area contributed by atoms with Crippen LogP contribution in [-0.2, 0) is 4.79 Å². The summed E-state index contributed by atoms with van der Waals surface area (Å²) < 4.78 is 0. The molecule has 0 heterocycles. The number of unbranched alkanes of at least 4 members (excludes halogenated alkanes) is 46. The van der Waals surface area contributed by atoms with Gasteiger partial charge in [0.2, 0.25) is 5.91 Å². The van der Waals surface area contributed by atoms with Gasteiger partial charge in [-0.3, -0.25) is 4.79 Å². The Morgan fingerprint density at radius 3 is 0.866 bits per heavy atom. The van der Waals surface area contributed by atoms with Gasteiger partial charge < -0.3 is 15.5 Å². The van der Waals surface area contributed by atoms with Crippen LogP contribution in [0.1, 0.15) is 341 Å². The summed E-state index contributed by atoms with van der Waals surface area (Å²) in [7, 11) is 0. The molecular weight excluding hydrogens is 819 g/mol. The quantitative estimate of drug-likeness (QED) is 0.0420. The molecule has 0 rings (SSSR count). The number of carbonyl (C=O) groups is 1. The molecule has 2 unspecified atom stereocenters. The topological polar surface area (TPSA) is 69.6 Å². The van der Waals surface area contributed by atoms with Gasteiger partial charge in [0.15, 0.2) is 0 Å². The number of aliphatic hydroxyl groups is 2. The maximum atomic E-state index is 12.5. The first-order chi connectivity index (χ1) is 33.2. The van der Waals surface area contributed by atoms with Crippen molar-refractivity contribution in [2.45, 2.75) is 353 Å². The number of hydrogen-bond acceptors (Lipinski definition) is 3. The summed E-state index contributed by atoms with van der Waals surface area (Å²) in [6.45, 7) is 4.33. The lowest BCUT2D eigenvalue weighted by atomic mass is 10.0. The first-order valence-corrected chi connectivity index (χ1v) is 30.7. The molecule has 0 radical (unpaired) electrons. The van der Waals surface area contributed by atoms with Gasteiger partial charge in [-0.15, -0.1) is 0 Å². The number of allylic oxidation sites excluding steroid dienone is 5. The number of carbonyl (C=O) groups excluding carboxylic acids is 1. The van der Waals surface area contributed by atoms with E-state index in [1.54, 1.807) is 6.08 Å². The van der Waals surface area contributed by atoms with E-state index in [-0.39, 0.29) is 12.5 Å². The first kappa shape index (κ1) is 65.6. The molecule has 0 aliphatic carbocycles. The second kappa shape index (κ2) is 58.9. The second-order valence-electron chi connectivity index (χ2n) is 21.1. The first-order valence-electron chi connectivity index (χ1n) is 30.7. The lowest BCUT2D eigenvalue weighted by Crippen LogP contribution is -2.45. The predicted molar refractivity (Wildman–Crippen MR) is 299 cm³/mol. The highest BCUT2D eigenvalue weighted by atomic mass is 16.3. The average Bonchev–Trinajstić information content (AvgIpc) is 3.33. The fraction of sp³-hybridized carbons (Fsp3) is 0.889. The maximum Gasteiger partial charge on any atom is 0.220 e. The Labute approximate surface area is 421 Å². The third kappa shape index (κ3) is 55.4. The molecule has 4 heteroatoms. The van der Waals surface area contributed by atoms with E-state index in [9.17, 15) is 15.0 Å². The summed E-state index contributed by atoms with van der Waals surface area (Å²) >= 11 is 0. The minimum absolute atomic E-state index is 0.0670. The summed E-state index contributed by atoms with van der Waals surface area (Å²) in [6, 6.07) is -0.638. The van der Waals surface area contributed by atoms with Gasteiger partial charge in [-0.2, -0.15) is 0 Å². The van der Waals surface area contributed by atoms with E-state index in [0.29, 0.717) is 6.42 Å². The van der Waals surface area contributed by atoms with Crippen LogP contribution in [0.25, 0.3) is 0 Å². The van der Waals surface area contributed by atoms with Crippen LogP contribution >= 0.6 is 0 Å². The monoisotopic (exact) mass is 940 g/mol. The maximum absolute atomic E-state index is 12.5. The van der Waals surface area contributed by atoms with Gasteiger partial charge in [0.25, 0.3) is 0 Å². The fourth-order valence-corrected chi connectivity index (χ4v) is 9.66. The van der Waals surface area contributed by atoms with Crippen LogP contribution in [0.15, 0.2) is 36.5 Å². The summed E-state index contributed by atoms with van der Waals surface area (Å²) in [6.07, 6.45) is 80.5. The molecule has 3 N–H and O–H groups in total. The number of hydrogen-bond donors (Lipinski definition) is 3. The zero-order valence-electron chi connectivity index (χ0n) is 45.7. The Bertz CT molecular complexity index is 1020. The van der Waals surface area contributed by atoms with E-state index in [1.165, 1.54) is 289 Å². The Morgan fingerprint density at radius 1 is 0.343 bits per heavy atom. The Kier molecular flexibility index (Phi) is 57.7. The number of amides is 1. The molecule has 0 saturated carbocycles. The van der Waals surface area contributed by atoms with Crippen molar-refractivity contribution in [1.82, 2.24) is 5.32 Å². The van der Waals surface area contributed by atoms with Gasteiger partial charge in [0.1, 0.15) is 0 Å². The van der Waals surface area contributed by atoms with E-state index in [4.69, 9.17) is 0 Å². The van der Waals surface area contributed by atoms with Crippen LogP contribution in [0.2, 0.25) is 0 Å². The van der Waals surface area contributed by atoms with E-state index in [1.807, 2.05) is 6.08 Å². The van der Waals surface area contributed by atoms with Crippen LogP contribution in [0, 0.1) is 0 Å². The zero-order chi connectivity index (χ0) is 48.5. The van der Waals surface area contributed by atoms with Crippen molar-refractivity contribution >= 4 is 5.91 Å². The van der Waals surface area contributed by atoms with Crippen molar-refractivity contribution in [3.63, 3.8) is 0 Å². The molecule has 396 valence electrons. The molecule has 0 aromatic heterocycles. The van der Waals surface area contributed by atoms with Crippen molar-refractivity contribution in [3.05, 3.63) is 36.5 Å². The third-order valence-corrected chi connectivity index (χ3v) is 14.3. The van der Waals surface area contributed by atoms with E-state index >= 15 is 0 Å². The molecule has 0 saturated heterocycles. The SMILES string of the molecule is CCCCCCCCCC/C=C\CCCCCCCCCCCCCCCCCCCCCCCC(=O)NC(CO)C(O)/C=C/CC/C=C/CCCCCCCCCCCCCCCCCC. The normalized spacial score (nSPS) is 13.0. The van der Waals surface area contributed by atoms with E-state index in [2.05, 4.69) is 43.5 Å². The zero-order valence-corrected chi connectivity index (χ0v) is 45.7. The van der Waals surface area contributed by atoms with Gasteiger partial charge in [-0.25, -0.2) is 0 Å². The fourth-order valence-electron chi connectivity index (χ4n) is 9.66. The molecule has 0 aliphatic rings. The van der Waals surface area contributed by atoms with Crippen LogP contribution in [0.4, 0.5) is 0 Å². The van der Waals surface area contributed by atoms with Gasteiger partial charge in [-0.1, -0.05) is 314 Å². The van der Waals surface area contributed by atoms with E-state index < -0.39 is 12.1 Å². The van der Waals surface area contributed by atoms with Crippen LogP contribution in [-0.4, -0.2) is 34.9 Å². The number of aliphatic hydroxyl groups excluding tert-OH is 2. The van der Waals surface area contributed by atoms with E-state index in [0.717, 1.165) is 32.1 Å². The third-order valence-electron chi connectivity index (χ3n) is 14.3. The highest BCUT2D eigenvalue weighted by Crippen LogP contribution is 2.18. The highest BCUT2D eigenvalue weighted by molar-refractivity contribution is 5.76. The summed E-state index contributed by atoms with van der Waals surface area (Å²) in [5, 5.41) is 23.2. The van der Waals surface area contributed by atoms with Gasteiger partial charge in [0.05, 0.1) is 18.8 Å². The molecule has 0 aromatic rings. The van der Waals surface area contributed by atoms with Gasteiger partial charge in [0, 0.05) is 6.42 Å². The summed E-state index contributed by atoms with van der Waals surface area (Å²) in [4.78, 5) is 12.5. The van der Waals surface area contributed by atoms with Crippen LogP contribution in [0.3, 0.4) is 0 Å². The van der Waals surface area contributed by atoms with Crippen LogP contribution in [0.5, 0.6) is 0 Å². The smallest absolute Gasteiger partial charge is 0.220 e. The summed E-state index contributed by atoms with van der Waals surface area (Å²) in [5.41, 5.74) is 0. The summed E-state index contributed by atoms with van der Waals surface area (Å²) in [5.74, 6) is -0.0670. The Hall–Kier alpha value is -1.39. The van der Waals surface area contributed by atoms with Gasteiger partial charge in [-0.05, 0) is 57.8 Å². The molecule has 0 aliphatic heterocycles. The van der Waals surface area contributed by atoms with Crippen molar-refractivity contribution in [3.8, 4) is 0 Å². The molecule has 1 amide bonds. The number of nitrogens with one attached hydrogen (secondary N) is 1. The lowest BCUT2D eigenvalue weighted by molar-refractivity contribution is -0.123. The standard InChI is InChI=1S/C63H121NO3/c1-3-5-7-9-11-13-15-17-19-21-23-25-27-28-29-30-31-32-33-34-35-36-37-39-41-43-45-47-49-51-53-55-57-59-63(67)64-61(60-65)62(66)58-56-54-52-50-48-46-44-42-40-38-26-24-22-20-18-16-14-12-10-8-6-4-2/h21,23,48,50,56,58,61-62,65-66H,3-20,22,24-47,49,51-55,57,59-60H2,1-2H3,(H,64,67)/b23-21-,50-48+,58-56+. The van der Waals surface area contributed by atoms with Crippen molar-refractivity contribution in [2.24, 2.45) is 0 Å². The Balaban J connectivity index is 3.45. The number of rotatable bonds is 57. The Morgan fingerprint density at radius 2 is 0.582 bits per heavy atom. The van der Waals surface area contributed by atoms with Gasteiger partial charge >= 0.3 is 0 Å². The highest BCUT2D eigenvalue weighted by Gasteiger charge is 2.18. The molecule has 0 spiro atoms. The minimum Gasteiger partial charge on any atom is -0.394 e. The molecule has 4 nitrogen and oxygen atoms in total. The van der Waals surface area contributed by atoms with Crippen LogP contribution < -0.4 is 5.32 Å². The molecule has 0 aromatic carbocycles. The average molecular weight is 941 g/mol. The minimum atomic E-state index is -0.861.